The SMILES string of the molecule is CC1(C)CC(C)(C)CC2(C1)c1ccccc1-c1c2cc(O)c2cc(-c3ccc(N4CCOCC4)cc3)c(C3CCCCC3)cc12. The van der Waals surface area contributed by atoms with Crippen molar-refractivity contribution in [2.75, 3.05) is 31.2 Å². The van der Waals surface area contributed by atoms with Crippen LogP contribution in [0.2, 0.25) is 0 Å². The van der Waals surface area contributed by atoms with Crippen LogP contribution in [-0.4, -0.2) is 31.4 Å². The van der Waals surface area contributed by atoms with Crippen molar-refractivity contribution in [1.82, 2.24) is 0 Å². The monoisotopic (exact) mass is 599 g/mol. The molecule has 3 heteroatoms. The highest BCUT2D eigenvalue weighted by molar-refractivity contribution is 6.07. The molecule has 1 saturated heterocycles. The molecule has 4 aromatic rings. The first-order valence-electron chi connectivity index (χ1n) is 17.5. The molecule has 234 valence electrons. The van der Waals surface area contributed by atoms with Crippen LogP contribution in [0.15, 0.2) is 66.7 Å². The molecule has 0 aromatic heterocycles. The van der Waals surface area contributed by atoms with Gasteiger partial charge in [-0.2, -0.15) is 0 Å². The minimum absolute atomic E-state index is 0.0815. The molecule has 0 bridgehead atoms. The third-order valence-electron chi connectivity index (χ3n) is 11.6. The van der Waals surface area contributed by atoms with Crippen molar-refractivity contribution in [1.29, 1.82) is 0 Å². The summed E-state index contributed by atoms with van der Waals surface area (Å²) in [6.07, 6.45) is 9.87. The minimum atomic E-state index is -0.0815. The van der Waals surface area contributed by atoms with E-state index in [4.69, 9.17) is 4.74 Å². The molecule has 45 heavy (non-hydrogen) atoms. The summed E-state index contributed by atoms with van der Waals surface area (Å²) in [5.74, 6) is 0.978. The molecule has 0 amide bonds. The van der Waals surface area contributed by atoms with Gasteiger partial charge in [0.2, 0.25) is 0 Å². The Morgan fingerprint density at radius 1 is 0.711 bits per heavy atom. The number of phenolic OH excluding ortho intramolecular Hbond substituents is 1. The van der Waals surface area contributed by atoms with Crippen LogP contribution in [0.1, 0.15) is 102 Å². The first kappa shape index (κ1) is 29.1. The maximum atomic E-state index is 12.0. The van der Waals surface area contributed by atoms with E-state index in [1.807, 2.05) is 0 Å². The van der Waals surface area contributed by atoms with Crippen molar-refractivity contribution >= 4 is 16.5 Å². The van der Waals surface area contributed by atoms with E-state index in [9.17, 15) is 5.11 Å². The Balaban J connectivity index is 1.34. The lowest BCUT2D eigenvalue weighted by Crippen LogP contribution is -2.43. The fraction of sp³-hybridized carbons (Fsp3) is 0.476. The zero-order chi connectivity index (χ0) is 31.0. The molecule has 1 aliphatic heterocycles. The summed E-state index contributed by atoms with van der Waals surface area (Å²) >= 11 is 0. The topological polar surface area (TPSA) is 32.7 Å². The molecule has 3 nitrogen and oxygen atoms in total. The lowest BCUT2D eigenvalue weighted by atomic mass is 9.52. The predicted molar refractivity (Wildman–Crippen MR) is 188 cm³/mol. The van der Waals surface area contributed by atoms with Gasteiger partial charge in [-0.1, -0.05) is 83.4 Å². The van der Waals surface area contributed by atoms with Gasteiger partial charge in [0.15, 0.2) is 0 Å². The summed E-state index contributed by atoms with van der Waals surface area (Å²) in [5.41, 5.74) is 11.2. The van der Waals surface area contributed by atoms with Crippen molar-refractivity contribution < 1.29 is 9.84 Å². The van der Waals surface area contributed by atoms with Gasteiger partial charge in [0.1, 0.15) is 5.75 Å². The van der Waals surface area contributed by atoms with Gasteiger partial charge in [-0.25, -0.2) is 0 Å². The first-order chi connectivity index (χ1) is 21.6. The molecule has 4 aromatic carbocycles. The molecule has 1 heterocycles. The van der Waals surface area contributed by atoms with Gasteiger partial charge < -0.3 is 14.7 Å². The van der Waals surface area contributed by atoms with Gasteiger partial charge in [0.25, 0.3) is 0 Å². The van der Waals surface area contributed by atoms with Gasteiger partial charge in [-0.3, -0.25) is 0 Å². The molecule has 0 atom stereocenters. The van der Waals surface area contributed by atoms with Gasteiger partial charge in [0.05, 0.1) is 13.2 Å². The number of morpholine rings is 1. The Morgan fingerprint density at radius 2 is 1.40 bits per heavy atom. The minimum Gasteiger partial charge on any atom is -0.507 e. The summed E-state index contributed by atoms with van der Waals surface area (Å²) in [6, 6.07) is 25.4. The maximum absolute atomic E-state index is 12.0. The summed E-state index contributed by atoms with van der Waals surface area (Å²) in [7, 11) is 0. The lowest BCUT2D eigenvalue weighted by Gasteiger charge is -2.51. The molecule has 4 aliphatic rings. The van der Waals surface area contributed by atoms with Crippen LogP contribution in [0.3, 0.4) is 0 Å². The van der Waals surface area contributed by atoms with Crippen LogP contribution in [0.4, 0.5) is 5.69 Å². The number of ether oxygens (including phenoxy) is 1. The summed E-state index contributed by atoms with van der Waals surface area (Å²) in [5, 5.41) is 14.2. The van der Waals surface area contributed by atoms with Crippen LogP contribution in [0.25, 0.3) is 33.0 Å². The molecule has 1 spiro atoms. The molecule has 3 fully saturated rings. The second kappa shape index (κ2) is 10.6. The summed E-state index contributed by atoms with van der Waals surface area (Å²) in [4.78, 5) is 2.42. The number of fused-ring (bicyclic) bond motifs is 7. The van der Waals surface area contributed by atoms with Crippen LogP contribution >= 0.6 is 0 Å². The number of aromatic hydroxyl groups is 1. The van der Waals surface area contributed by atoms with E-state index in [1.165, 1.54) is 88.5 Å². The van der Waals surface area contributed by atoms with E-state index in [2.05, 4.69) is 99.3 Å². The van der Waals surface area contributed by atoms with Crippen molar-refractivity contribution in [3.8, 4) is 28.0 Å². The number of nitrogens with zero attached hydrogens (tertiary/aromatic N) is 1. The third-order valence-corrected chi connectivity index (χ3v) is 11.6. The largest absolute Gasteiger partial charge is 0.507 e. The molecule has 3 aliphatic carbocycles. The number of phenols is 1. The second-order valence-electron chi connectivity index (χ2n) is 16.3. The van der Waals surface area contributed by atoms with Gasteiger partial charge in [-0.05, 0) is 124 Å². The molecule has 8 rings (SSSR count). The highest BCUT2D eigenvalue weighted by Crippen LogP contribution is 2.65. The Bertz CT molecular complexity index is 1740. The van der Waals surface area contributed by atoms with Gasteiger partial charge in [0, 0.05) is 29.6 Å². The summed E-state index contributed by atoms with van der Waals surface area (Å²) in [6.45, 7) is 13.3. The van der Waals surface area contributed by atoms with Gasteiger partial charge >= 0.3 is 0 Å². The van der Waals surface area contributed by atoms with E-state index < -0.39 is 0 Å². The van der Waals surface area contributed by atoms with E-state index >= 15 is 0 Å². The maximum Gasteiger partial charge on any atom is 0.123 e. The number of benzene rings is 4. The van der Waals surface area contributed by atoms with Crippen LogP contribution < -0.4 is 4.90 Å². The van der Waals surface area contributed by atoms with Gasteiger partial charge in [-0.15, -0.1) is 0 Å². The molecular formula is C42H49NO2. The van der Waals surface area contributed by atoms with E-state index in [0.717, 1.165) is 44.5 Å². The lowest BCUT2D eigenvalue weighted by molar-refractivity contribution is 0.0645. The molecule has 1 N–H and O–H groups in total. The average Bonchev–Trinajstić information content (AvgIpc) is 3.27. The second-order valence-corrected chi connectivity index (χ2v) is 16.3. The third kappa shape index (κ3) is 4.89. The zero-order valence-corrected chi connectivity index (χ0v) is 27.7. The number of rotatable bonds is 3. The predicted octanol–water partition coefficient (Wildman–Crippen LogP) is 10.6. The number of anilines is 1. The van der Waals surface area contributed by atoms with Crippen LogP contribution in [0.5, 0.6) is 5.75 Å². The van der Waals surface area contributed by atoms with Crippen LogP contribution in [-0.2, 0) is 10.2 Å². The van der Waals surface area contributed by atoms with Crippen molar-refractivity contribution in [3.63, 3.8) is 0 Å². The number of hydrogen-bond acceptors (Lipinski definition) is 3. The fourth-order valence-corrected chi connectivity index (χ4v) is 10.6. The molecule has 0 unspecified atom stereocenters. The Hall–Kier alpha value is -3.30. The van der Waals surface area contributed by atoms with Crippen molar-refractivity contribution in [2.24, 2.45) is 10.8 Å². The molecule has 2 saturated carbocycles. The van der Waals surface area contributed by atoms with Crippen molar-refractivity contribution in [2.45, 2.75) is 90.4 Å². The summed E-state index contributed by atoms with van der Waals surface area (Å²) < 4.78 is 5.59. The highest BCUT2D eigenvalue weighted by Gasteiger charge is 2.53. The van der Waals surface area contributed by atoms with E-state index in [1.54, 1.807) is 0 Å². The molecular weight excluding hydrogens is 550 g/mol. The van der Waals surface area contributed by atoms with E-state index in [0.29, 0.717) is 11.7 Å². The first-order valence-corrected chi connectivity index (χ1v) is 17.5. The normalized spacial score (nSPS) is 22.0. The zero-order valence-electron chi connectivity index (χ0n) is 27.7. The van der Waals surface area contributed by atoms with E-state index in [-0.39, 0.29) is 16.2 Å². The van der Waals surface area contributed by atoms with Crippen LogP contribution in [0, 0.1) is 10.8 Å². The highest BCUT2D eigenvalue weighted by atomic mass is 16.5. The van der Waals surface area contributed by atoms with Crippen molar-refractivity contribution in [3.05, 3.63) is 83.4 Å². The standard InChI is InChI=1S/C42H49NO2/c1-40(2)25-41(3,4)27-42(26-40)36-13-9-8-12-31(36)39-35-23-33(28-10-6-5-7-11-28)32(22-34(35)38(44)24-37(39)42)29-14-16-30(17-15-29)43-18-20-45-21-19-43/h8-9,12-17,22-24,28,44H,5-7,10-11,18-21,25-27H2,1-4H3. The quantitative estimate of drug-likeness (QED) is 0.254. The molecule has 0 radical (unpaired) electrons. The fourth-order valence-electron chi connectivity index (χ4n) is 10.6. The smallest absolute Gasteiger partial charge is 0.123 e. The Kier molecular flexibility index (Phi) is 6.88. The Morgan fingerprint density at radius 3 is 2.11 bits per heavy atom. The Labute approximate surface area is 269 Å². The number of hydrogen-bond donors (Lipinski definition) is 1. The average molecular weight is 600 g/mol.